The Labute approximate surface area is 107 Å². The lowest BCUT2D eigenvalue weighted by atomic mass is 10.2. The van der Waals surface area contributed by atoms with E-state index >= 15 is 0 Å². The predicted molar refractivity (Wildman–Crippen MR) is 68.8 cm³/mol. The smallest absolute Gasteiger partial charge is 0.264 e. The van der Waals surface area contributed by atoms with Gasteiger partial charge in [0, 0.05) is 6.54 Å². The van der Waals surface area contributed by atoms with Crippen molar-refractivity contribution >= 4 is 5.91 Å². The fraction of sp³-hybridized carbons (Fsp3) is 0.357. The summed E-state index contributed by atoms with van der Waals surface area (Å²) in [6, 6.07) is 7.36. The summed E-state index contributed by atoms with van der Waals surface area (Å²) in [7, 11) is 0. The highest BCUT2D eigenvalue weighted by Crippen LogP contribution is 2.30. The lowest BCUT2D eigenvalue weighted by Gasteiger charge is -2.25. The molecule has 0 radical (unpaired) electrons. The number of fused-ring (bicyclic) bond motifs is 1. The average molecular weight is 247 g/mol. The third-order valence-electron chi connectivity index (χ3n) is 2.65. The summed E-state index contributed by atoms with van der Waals surface area (Å²) in [5, 5.41) is 2.82. The van der Waals surface area contributed by atoms with Crippen LogP contribution in [0.15, 0.2) is 36.4 Å². The molecule has 1 aromatic rings. The molecule has 0 saturated heterocycles. The zero-order valence-corrected chi connectivity index (χ0v) is 10.4. The number of allylic oxidation sites excluding steroid dienone is 1. The highest BCUT2D eigenvalue weighted by molar-refractivity contribution is 5.81. The normalized spacial score (nSPS) is 17.7. The molecule has 0 bridgehead atoms. The van der Waals surface area contributed by atoms with Gasteiger partial charge in [0.05, 0.1) is 0 Å². The number of ether oxygens (including phenoxy) is 2. The van der Waals surface area contributed by atoms with Gasteiger partial charge < -0.3 is 14.8 Å². The lowest BCUT2D eigenvalue weighted by Crippen LogP contribution is -2.44. The minimum Gasteiger partial charge on any atom is -0.485 e. The van der Waals surface area contributed by atoms with Crippen LogP contribution >= 0.6 is 0 Å². The second-order valence-corrected chi connectivity index (χ2v) is 4.01. The van der Waals surface area contributed by atoms with Gasteiger partial charge in [-0.1, -0.05) is 24.3 Å². The molecule has 4 nitrogen and oxygen atoms in total. The van der Waals surface area contributed by atoms with Crippen LogP contribution in [0.5, 0.6) is 11.5 Å². The van der Waals surface area contributed by atoms with E-state index in [0.29, 0.717) is 18.0 Å². The minimum atomic E-state index is -0.564. The quantitative estimate of drug-likeness (QED) is 0.653. The van der Waals surface area contributed by atoms with Gasteiger partial charge >= 0.3 is 0 Å². The lowest BCUT2D eigenvalue weighted by molar-refractivity contribution is -0.130. The molecule has 1 aliphatic heterocycles. The first-order chi connectivity index (χ1) is 8.81. The number of hydrogen-bond acceptors (Lipinski definition) is 3. The Balaban J connectivity index is 1.86. The van der Waals surface area contributed by atoms with Crippen LogP contribution in [0.25, 0.3) is 0 Å². The van der Waals surface area contributed by atoms with Crippen LogP contribution in [0, 0.1) is 0 Å². The molecular formula is C14H17NO3. The second-order valence-electron chi connectivity index (χ2n) is 4.01. The minimum absolute atomic E-state index is 0.131. The number of carbonyl (C=O) groups is 1. The van der Waals surface area contributed by atoms with E-state index in [0.717, 1.165) is 6.42 Å². The Morgan fingerprint density at radius 2 is 2.22 bits per heavy atom. The molecule has 1 heterocycles. The maximum atomic E-state index is 11.8. The van der Waals surface area contributed by atoms with Crippen molar-refractivity contribution in [2.45, 2.75) is 19.4 Å². The Morgan fingerprint density at radius 3 is 3.00 bits per heavy atom. The standard InChI is InChI=1S/C14H17NO3/c1-2-3-6-9-15-14(16)13-10-17-11-7-4-5-8-12(11)18-13/h2-5,7-8,13H,6,9-10H2,1H3,(H,15,16)/b3-2+. The van der Waals surface area contributed by atoms with E-state index in [9.17, 15) is 4.79 Å². The van der Waals surface area contributed by atoms with Gasteiger partial charge in [-0.2, -0.15) is 0 Å². The number of nitrogens with one attached hydrogen (secondary N) is 1. The van der Waals surface area contributed by atoms with E-state index < -0.39 is 6.10 Å². The molecule has 0 spiro atoms. The molecule has 0 aliphatic carbocycles. The van der Waals surface area contributed by atoms with E-state index in [1.807, 2.05) is 37.3 Å². The van der Waals surface area contributed by atoms with E-state index in [4.69, 9.17) is 9.47 Å². The molecule has 1 unspecified atom stereocenters. The number of amides is 1. The molecular weight excluding hydrogens is 230 g/mol. The van der Waals surface area contributed by atoms with Gasteiger partial charge in [-0.25, -0.2) is 0 Å². The van der Waals surface area contributed by atoms with Crippen molar-refractivity contribution in [3.8, 4) is 11.5 Å². The molecule has 18 heavy (non-hydrogen) atoms. The fourth-order valence-corrected chi connectivity index (χ4v) is 1.71. The molecule has 0 fully saturated rings. The molecule has 1 aliphatic rings. The topological polar surface area (TPSA) is 47.6 Å². The number of para-hydroxylation sites is 2. The first-order valence-corrected chi connectivity index (χ1v) is 6.08. The highest BCUT2D eigenvalue weighted by Gasteiger charge is 2.26. The van der Waals surface area contributed by atoms with Crippen LogP contribution in [0.3, 0.4) is 0 Å². The van der Waals surface area contributed by atoms with Crippen molar-refractivity contribution in [3.63, 3.8) is 0 Å². The van der Waals surface area contributed by atoms with E-state index in [1.54, 1.807) is 6.07 Å². The molecule has 0 aromatic heterocycles. The Kier molecular flexibility index (Phi) is 4.23. The summed E-state index contributed by atoms with van der Waals surface area (Å²) in [4.78, 5) is 11.8. The number of carbonyl (C=O) groups excluding carboxylic acids is 1. The summed E-state index contributed by atoms with van der Waals surface area (Å²) in [5.41, 5.74) is 0. The van der Waals surface area contributed by atoms with Crippen molar-refractivity contribution in [1.82, 2.24) is 5.32 Å². The van der Waals surface area contributed by atoms with Gasteiger partial charge in [0.2, 0.25) is 6.10 Å². The molecule has 2 rings (SSSR count). The second kappa shape index (κ2) is 6.10. The zero-order chi connectivity index (χ0) is 12.8. The van der Waals surface area contributed by atoms with Crippen molar-refractivity contribution in [2.75, 3.05) is 13.2 Å². The largest absolute Gasteiger partial charge is 0.485 e. The van der Waals surface area contributed by atoms with Gasteiger partial charge in [-0.3, -0.25) is 4.79 Å². The van der Waals surface area contributed by atoms with Gasteiger partial charge in [0.25, 0.3) is 5.91 Å². The molecule has 1 aromatic carbocycles. The van der Waals surface area contributed by atoms with Crippen molar-refractivity contribution in [3.05, 3.63) is 36.4 Å². The van der Waals surface area contributed by atoms with Crippen LogP contribution < -0.4 is 14.8 Å². The van der Waals surface area contributed by atoms with Crippen LogP contribution in [-0.4, -0.2) is 25.2 Å². The van der Waals surface area contributed by atoms with Gasteiger partial charge in [-0.15, -0.1) is 0 Å². The summed E-state index contributed by atoms with van der Waals surface area (Å²) in [6.45, 7) is 2.83. The molecule has 0 saturated carbocycles. The molecule has 1 amide bonds. The number of rotatable bonds is 4. The Hall–Kier alpha value is -1.97. The molecule has 1 atom stereocenters. The van der Waals surface area contributed by atoms with Crippen molar-refractivity contribution < 1.29 is 14.3 Å². The summed E-state index contributed by atoms with van der Waals surface area (Å²) in [6.07, 6.45) is 4.23. The van der Waals surface area contributed by atoms with E-state index in [2.05, 4.69) is 5.32 Å². The van der Waals surface area contributed by atoms with Crippen LogP contribution in [0.4, 0.5) is 0 Å². The molecule has 4 heteroatoms. The van der Waals surface area contributed by atoms with E-state index in [1.165, 1.54) is 0 Å². The van der Waals surface area contributed by atoms with Gasteiger partial charge in [0.1, 0.15) is 6.61 Å². The zero-order valence-electron chi connectivity index (χ0n) is 10.4. The Morgan fingerprint density at radius 1 is 1.44 bits per heavy atom. The van der Waals surface area contributed by atoms with Gasteiger partial charge in [-0.05, 0) is 25.5 Å². The maximum absolute atomic E-state index is 11.8. The first-order valence-electron chi connectivity index (χ1n) is 6.08. The van der Waals surface area contributed by atoms with Crippen LogP contribution in [0.2, 0.25) is 0 Å². The highest BCUT2D eigenvalue weighted by atomic mass is 16.6. The first kappa shape index (κ1) is 12.5. The summed E-state index contributed by atoms with van der Waals surface area (Å²) < 4.78 is 11.1. The predicted octanol–water partition coefficient (Wildman–Crippen LogP) is 1.91. The third-order valence-corrected chi connectivity index (χ3v) is 2.65. The third kappa shape index (κ3) is 3.03. The summed E-state index contributed by atoms with van der Waals surface area (Å²) in [5.74, 6) is 1.18. The van der Waals surface area contributed by atoms with E-state index in [-0.39, 0.29) is 12.5 Å². The number of hydrogen-bond donors (Lipinski definition) is 1. The SMILES string of the molecule is C/C=C/CCNC(=O)C1COc2ccccc2O1. The fourth-order valence-electron chi connectivity index (χ4n) is 1.71. The van der Waals surface area contributed by atoms with Crippen molar-refractivity contribution in [2.24, 2.45) is 0 Å². The number of benzene rings is 1. The van der Waals surface area contributed by atoms with Crippen LogP contribution in [0.1, 0.15) is 13.3 Å². The molecule has 1 N–H and O–H groups in total. The van der Waals surface area contributed by atoms with Gasteiger partial charge in [0.15, 0.2) is 11.5 Å². The monoisotopic (exact) mass is 247 g/mol. The molecule has 96 valence electrons. The Bertz CT molecular complexity index is 442. The average Bonchev–Trinajstić information content (AvgIpc) is 2.43. The van der Waals surface area contributed by atoms with Crippen molar-refractivity contribution in [1.29, 1.82) is 0 Å². The maximum Gasteiger partial charge on any atom is 0.264 e. The van der Waals surface area contributed by atoms with Crippen LogP contribution in [-0.2, 0) is 4.79 Å². The summed E-state index contributed by atoms with van der Waals surface area (Å²) >= 11 is 0.